The van der Waals surface area contributed by atoms with Gasteiger partial charge in [0.25, 0.3) is 0 Å². The second-order valence-electron chi connectivity index (χ2n) is 5.96. The van der Waals surface area contributed by atoms with Crippen LogP contribution in [0, 0.1) is 11.8 Å². The van der Waals surface area contributed by atoms with Crippen LogP contribution in [0.5, 0.6) is 0 Å². The fourth-order valence-electron chi connectivity index (χ4n) is 2.82. The summed E-state index contributed by atoms with van der Waals surface area (Å²) in [5.41, 5.74) is 0. The molecule has 0 N–H and O–H groups in total. The molecule has 1 heterocycles. The minimum Gasteiger partial charge on any atom is -0.343 e. The molecule has 0 spiro atoms. The van der Waals surface area contributed by atoms with E-state index in [2.05, 4.69) is 6.92 Å². The highest BCUT2D eigenvalue weighted by Gasteiger charge is 2.36. The van der Waals surface area contributed by atoms with Crippen molar-refractivity contribution in [3.05, 3.63) is 0 Å². The summed E-state index contributed by atoms with van der Waals surface area (Å²) in [6.45, 7) is 3.06. The summed E-state index contributed by atoms with van der Waals surface area (Å²) in [4.78, 5) is 14.3. The summed E-state index contributed by atoms with van der Waals surface area (Å²) in [5.74, 6) is 0.849. The second kappa shape index (κ2) is 5.40. The van der Waals surface area contributed by atoms with Crippen molar-refractivity contribution in [1.29, 1.82) is 0 Å². The summed E-state index contributed by atoms with van der Waals surface area (Å²) < 4.78 is 24.3. The van der Waals surface area contributed by atoms with Gasteiger partial charge in [0.05, 0.1) is 6.26 Å². The van der Waals surface area contributed by atoms with Crippen molar-refractivity contribution < 1.29 is 13.2 Å². The van der Waals surface area contributed by atoms with E-state index in [1.165, 1.54) is 23.4 Å². The van der Waals surface area contributed by atoms with Crippen LogP contribution in [0.15, 0.2) is 0 Å². The van der Waals surface area contributed by atoms with Gasteiger partial charge in [-0.15, -0.1) is 0 Å². The molecule has 2 aliphatic rings. The van der Waals surface area contributed by atoms with E-state index < -0.39 is 10.0 Å². The van der Waals surface area contributed by atoms with Crippen molar-refractivity contribution in [3.8, 4) is 0 Å². The summed E-state index contributed by atoms with van der Waals surface area (Å²) in [7, 11) is -1.22. The van der Waals surface area contributed by atoms with Gasteiger partial charge < -0.3 is 4.90 Å². The van der Waals surface area contributed by atoms with Crippen LogP contribution in [-0.2, 0) is 14.8 Å². The molecule has 1 unspecified atom stereocenters. The molecule has 19 heavy (non-hydrogen) atoms. The van der Waals surface area contributed by atoms with Crippen LogP contribution >= 0.6 is 0 Å². The molecule has 1 aliphatic carbocycles. The zero-order valence-corrected chi connectivity index (χ0v) is 12.8. The monoisotopic (exact) mass is 288 g/mol. The number of carbonyl (C=O) groups is 1. The number of rotatable bonds is 4. The van der Waals surface area contributed by atoms with Crippen molar-refractivity contribution in [3.63, 3.8) is 0 Å². The lowest BCUT2D eigenvalue weighted by molar-refractivity contribution is -0.137. The highest BCUT2D eigenvalue weighted by molar-refractivity contribution is 7.88. The molecule has 0 aromatic heterocycles. The van der Waals surface area contributed by atoms with E-state index in [4.69, 9.17) is 0 Å². The third-order valence-corrected chi connectivity index (χ3v) is 5.84. The van der Waals surface area contributed by atoms with Gasteiger partial charge in [0.1, 0.15) is 0 Å². The maximum atomic E-state index is 12.4. The van der Waals surface area contributed by atoms with Gasteiger partial charge in [0, 0.05) is 32.1 Å². The highest BCUT2D eigenvalue weighted by Crippen LogP contribution is 2.35. The molecule has 2 rings (SSSR count). The lowest BCUT2D eigenvalue weighted by Gasteiger charge is -2.34. The first-order valence-corrected chi connectivity index (χ1v) is 8.87. The van der Waals surface area contributed by atoms with E-state index in [0.717, 1.165) is 0 Å². The number of amides is 1. The number of piperidine rings is 1. The van der Waals surface area contributed by atoms with Crippen LogP contribution < -0.4 is 0 Å². The molecule has 0 aromatic rings. The number of carbonyl (C=O) groups excluding carboxylic acids is 1. The Hall–Kier alpha value is -0.620. The van der Waals surface area contributed by atoms with Crippen LogP contribution in [0.4, 0.5) is 0 Å². The zero-order chi connectivity index (χ0) is 14.2. The third kappa shape index (κ3) is 3.48. The van der Waals surface area contributed by atoms with E-state index in [-0.39, 0.29) is 11.8 Å². The smallest absolute Gasteiger partial charge is 0.225 e. The first-order valence-electron chi connectivity index (χ1n) is 7.02. The Morgan fingerprint density at radius 2 is 1.74 bits per heavy atom. The fourth-order valence-corrected chi connectivity index (χ4v) is 3.69. The van der Waals surface area contributed by atoms with Crippen molar-refractivity contribution >= 4 is 15.9 Å². The number of sulfonamides is 1. The van der Waals surface area contributed by atoms with Crippen molar-refractivity contribution in [2.45, 2.75) is 38.6 Å². The molecule has 1 aliphatic heterocycles. The average molecular weight is 288 g/mol. The molecule has 0 aromatic carbocycles. The molecule has 1 amide bonds. The largest absolute Gasteiger partial charge is 0.343 e. The molecule has 1 atom stereocenters. The highest BCUT2D eigenvalue weighted by atomic mass is 32.2. The molecular weight excluding hydrogens is 264 g/mol. The maximum absolute atomic E-state index is 12.4. The van der Waals surface area contributed by atoms with Gasteiger partial charge in [-0.25, -0.2) is 12.7 Å². The lowest BCUT2D eigenvalue weighted by Crippen LogP contribution is -2.45. The van der Waals surface area contributed by atoms with E-state index in [0.29, 0.717) is 37.9 Å². The standard InChI is InChI=1S/C13H24N2O3S/c1-10(11-4-5-11)14(2)13(16)12-6-8-15(9-7-12)19(3,17)18/h10-12H,4-9H2,1-3H3. The van der Waals surface area contributed by atoms with Crippen LogP contribution in [0.1, 0.15) is 32.6 Å². The Morgan fingerprint density at radius 3 is 2.16 bits per heavy atom. The number of nitrogens with zero attached hydrogens (tertiary/aromatic N) is 2. The minimum atomic E-state index is -3.11. The van der Waals surface area contributed by atoms with E-state index in [1.54, 1.807) is 0 Å². The van der Waals surface area contributed by atoms with Gasteiger partial charge in [0.15, 0.2) is 0 Å². The molecule has 1 saturated carbocycles. The SMILES string of the molecule is CC(C1CC1)N(C)C(=O)C1CCN(S(C)(=O)=O)CC1. The van der Waals surface area contributed by atoms with E-state index in [9.17, 15) is 13.2 Å². The maximum Gasteiger partial charge on any atom is 0.225 e. The van der Waals surface area contributed by atoms with Gasteiger partial charge in [-0.2, -0.15) is 0 Å². The topological polar surface area (TPSA) is 57.7 Å². The number of hydrogen-bond acceptors (Lipinski definition) is 3. The summed E-state index contributed by atoms with van der Waals surface area (Å²) >= 11 is 0. The van der Waals surface area contributed by atoms with Gasteiger partial charge in [-0.1, -0.05) is 0 Å². The van der Waals surface area contributed by atoms with Crippen molar-refractivity contribution in [1.82, 2.24) is 9.21 Å². The fraction of sp³-hybridized carbons (Fsp3) is 0.923. The Balaban J connectivity index is 1.88. The van der Waals surface area contributed by atoms with E-state index in [1.807, 2.05) is 11.9 Å². The Labute approximate surface area is 116 Å². The van der Waals surface area contributed by atoms with Crippen molar-refractivity contribution in [2.24, 2.45) is 11.8 Å². The molecule has 1 saturated heterocycles. The van der Waals surface area contributed by atoms with Gasteiger partial charge in [0.2, 0.25) is 15.9 Å². The Kier molecular flexibility index (Phi) is 4.20. The first kappa shape index (κ1) is 14.8. The van der Waals surface area contributed by atoms with Gasteiger partial charge in [-0.05, 0) is 38.5 Å². The van der Waals surface area contributed by atoms with Crippen LogP contribution in [0.3, 0.4) is 0 Å². The first-order chi connectivity index (χ1) is 8.80. The molecule has 6 heteroatoms. The predicted molar refractivity (Wildman–Crippen MR) is 74.1 cm³/mol. The minimum absolute atomic E-state index is 0.0100. The molecular formula is C13H24N2O3S. The Morgan fingerprint density at radius 1 is 1.21 bits per heavy atom. The van der Waals surface area contributed by atoms with Crippen LogP contribution in [0.2, 0.25) is 0 Å². The van der Waals surface area contributed by atoms with Crippen LogP contribution in [0.25, 0.3) is 0 Å². The summed E-state index contributed by atoms with van der Waals surface area (Å²) in [5, 5.41) is 0. The lowest BCUT2D eigenvalue weighted by atomic mass is 9.96. The molecule has 0 bridgehead atoms. The molecule has 5 nitrogen and oxygen atoms in total. The summed E-state index contributed by atoms with van der Waals surface area (Å²) in [6, 6.07) is 0.320. The molecule has 110 valence electrons. The van der Waals surface area contributed by atoms with Gasteiger partial charge >= 0.3 is 0 Å². The third-order valence-electron chi connectivity index (χ3n) is 4.53. The predicted octanol–water partition coefficient (Wildman–Crippen LogP) is 0.915. The second-order valence-corrected chi connectivity index (χ2v) is 7.95. The van der Waals surface area contributed by atoms with E-state index >= 15 is 0 Å². The molecule has 2 fully saturated rings. The van der Waals surface area contributed by atoms with Crippen LogP contribution in [-0.4, -0.2) is 56.0 Å². The summed E-state index contributed by atoms with van der Waals surface area (Å²) in [6.07, 6.45) is 4.98. The normalized spacial score (nSPS) is 24.2. The van der Waals surface area contributed by atoms with Crippen molar-refractivity contribution in [2.75, 3.05) is 26.4 Å². The van der Waals surface area contributed by atoms with Gasteiger partial charge in [-0.3, -0.25) is 4.79 Å². The number of hydrogen-bond donors (Lipinski definition) is 0. The average Bonchev–Trinajstić information content (AvgIpc) is 3.19. The Bertz CT molecular complexity index is 437. The molecule has 0 radical (unpaired) electrons. The zero-order valence-electron chi connectivity index (χ0n) is 12.0. The quantitative estimate of drug-likeness (QED) is 0.773.